The summed E-state index contributed by atoms with van der Waals surface area (Å²) in [6.07, 6.45) is 1.99. The molecule has 1 aromatic carbocycles. The number of halogens is 1. The zero-order valence-corrected chi connectivity index (χ0v) is 17.4. The van der Waals surface area contributed by atoms with Crippen LogP contribution < -0.4 is 10.2 Å². The van der Waals surface area contributed by atoms with Gasteiger partial charge in [-0.3, -0.25) is 4.79 Å². The Labute approximate surface area is 165 Å². The Morgan fingerprint density at radius 2 is 1.93 bits per heavy atom. The number of hydrogen-bond acceptors (Lipinski definition) is 5. The zero-order chi connectivity index (χ0) is 19.8. The number of aromatic nitrogens is 2. The van der Waals surface area contributed by atoms with Crippen LogP contribution in [0.3, 0.4) is 0 Å². The molecule has 1 N–H and O–H groups in total. The molecule has 148 valence electrons. The van der Waals surface area contributed by atoms with Crippen LogP contribution in [-0.4, -0.2) is 34.4 Å². The van der Waals surface area contributed by atoms with E-state index in [2.05, 4.69) is 47.3 Å². The normalized spacial score (nSPS) is 11.2. The third-order valence-corrected chi connectivity index (χ3v) is 5.02. The lowest BCUT2D eigenvalue weighted by molar-refractivity contribution is -0.120. The predicted molar refractivity (Wildman–Crippen MR) is 109 cm³/mol. The van der Waals surface area contributed by atoms with E-state index in [1.807, 2.05) is 0 Å². The van der Waals surface area contributed by atoms with E-state index in [0.717, 1.165) is 23.7 Å². The van der Waals surface area contributed by atoms with Crippen LogP contribution in [0.4, 0.5) is 9.52 Å². The van der Waals surface area contributed by atoms with E-state index >= 15 is 0 Å². The van der Waals surface area contributed by atoms with E-state index in [-0.39, 0.29) is 17.8 Å². The molecule has 2 rings (SSSR count). The largest absolute Gasteiger partial charge is 0.356 e. The molecule has 2 aromatic rings. The highest BCUT2D eigenvalue weighted by Gasteiger charge is 2.17. The van der Waals surface area contributed by atoms with E-state index in [1.54, 1.807) is 12.1 Å². The van der Waals surface area contributed by atoms with Gasteiger partial charge in [-0.15, -0.1) is 0 Å². The molecule has 5 nitrogen and oxygen atoms in total. The monoisotopic (exact) mass is 392 g/mol. The van der Waals surface area contributed by atoms with Crippen molar-refractivity contribution in [1.82, 2.24) is 14.7 Å². The first kappa shape index (κ1) is 21.3. The summed E-state index contributed by atoms with van der Waals surface area (Å²) in [6.45, 7) is 9.78. The standard InChI is InChI=1S/C20H29FN4OS/c1-14(2)9-11-22-19(26)10-12-25(15(3)4)20-23-18(24-27-20)13-16-5-7-17(21)8-6-16/h5-8,14-15H,9-13H2,1-4H3,(H,22,26). The minimum atomic E-state index is -0.247. The second-order valence-electron chi connectivity index (χ2n) is 7.37. The third-order valence-electron chi connectivity index (χ3n) is 4.23. The van der Waals surface area contributed by atoms with Crippen molar-refractivity contribution in [3.63, 3.8) is 0 Å². The van der Waals surface area contributed by atoms with E-state index in [1.165, 1.54) is 23.7 Å². The molecule has 0 fully saturated rings. The minimum absolute atomic E-state index is 0.0670. The SMILES string of the molecule is CC(C)CCNC(=O)CCN(c1nc(Cc2ccc(F)cc2)ns1)C(C)C. The molecule has 0 aliphatic heterocycles. The summed E-state index contributed by atoms with van der Waals surface area (Å²) in [5.41, 5.74) is 0.973. The molecule has 0 radical (unpaired) electrons. The number of carbonyl (C=O) groups is 1. The maximum absolute atomic E-state index is 13.0. The number of rotatable bonds is 10. The van der Waals surface area contributed by atoms with Gasteiger partial charge in [-0.1, -0.05) is 26.0 Å². The number of carbonyl (C=O) groups excluding carboxylic acids is 1. The molecule has 0 unspecified atom stereocenters. The van der Waals surface area contributed by atoms with Crippen molar-refractivity contribution in [2.75, 3.05) is 18.0 Å². The average Bonchev–Trinajstić information content (AvgIpc) is 3.04. The van der Waals surface area contributed by atoms with Gasteiger partial charge in [0.25, 0.3) is 0 Å². The summed E-state index contributed by atoms with van der Waals surface area (Å²) in [5.74, 6) is 1.12. The zero-order valence-electron chi connectivity index (χ0n) is 16.5. The molecule has 0 bridgehead atoms. The average molecular weight is 393 g/mol. The highest BCUT2D eigenvalue weighted by molar-refractivity contribution is 7.09. The first-order valence-corrected chi connectivity index (χ1v) is 10.2. The van der Waals surface area contributed by atoms with Crippen LogP contribution in [0.5, 0.6) is 0 Å². The minimum Gasteiger partial charge on any atom is -0.356 e. The van der Waals surface area contributed by atoms with Crippen LogP contribution in [0.1, 0.15) is 51.9 Å². The van der Waals surface area contributed by atoms with Crippen LogP contribution in [0.25, 0.3) is 0 Å². The number of anilines is 1. The van der Waals surface area contributed by atoms with Gasteiger partial charge in [0, 0.05) is 43.5 Å². The number of nitrogens with one attached hydrogen (secondary N) is 1. The van der Waals surface area contributed by atoms with Crippen LogP contribution >= 0.6 is 11.5 Å². The fourth-order valence-corrected chi connectivity index (χ4v) is 3.45. The second-order valence-corrected chi connectivity index (χ2v) is 8.10. The van der Waals surface area contributed by atoms with Gasteiger partial charge < -0.3 is 10.2 Å². The van der Waals surface area contributed by atoms with Gasteiger partial charge >= 0.3 is 0 Å². The van der Waals surface area contributed by atoms with Crippen molar-refractivity contribution in [2.45, 2.75) is 53.0 Å². The molecule has 1 heterocycles. The topological polar surface area (TPSA) is 58.1 Å². The molecule has 0 aliphatic rings. The first-order valence-electron chi connectivity index (χ1n) is 9.45. The van der Waals surface area contributed by atoms with Crippen LogP contribution in [0.15, 0.2) is 24.3 Å². The summed E-state index contributed by atoms with van der Waals surface area (Å²) in [6, 6.07) is 6.61. The van der Waals surface area contributed by atoms with Gasteiger partial charge in [-0.2, -0.15) is 4.37 Å². The summed E-state index contributed by atoms with van der Waals surface area (Å²) in [4.78, 5) is 18.8. The van der Waals surface area contributed by atoms with Gasteiger partial charge in [0.05, 0.1) is 0 Å². The molecular weight excluding hydrogens is 363 g/mol. The Morgan fingerprint density at radius 1 is 1.22 bits per heavy atom. The molecule has 0 aliphatic carbocycles. The van der Waals surface area contributed by atoms with E-state index < -0.39 is 0 Å². The molecular formula is C20H29FN4OS. The number of amides is 1. The quantitative estimate of drug-likeness (QED) is 0.663. The van der Waals surface area contributed by atoms with E-state index in [0.29, 0.717) is 31.1 Å². The third kappa shape index (κ3) is 7.25. The maximum atomic E-state index is 13.0. The Balaban J connectivity index is 1.91. The lowest BCUT2D eigenvalue weighted by atomic mass is 10.1. The molecule has 27 heavy (non-hydrogen) atoms. The summed E-state index contributed by atoms with van der Waals surface area (Å²) < 4.78 is 17.5. The van der Waals surface area contributed by atoms with E-state index in [4.69, 9.17) is 0 Å². The van der Waals surface area contributed by atoms with Crippen molar-refractivity contribution >= 4 is 22.6 Å². The highest BCUT2D eigenvalue weighted by Crippen LogP contribution is 2.21. The van der Waals surface area contributed by atoms with Crippen LogP contribution in [-0.2, 0) is 11.2 Å². The Hall–Kier alpha value is -2.02. The van der Waals surface area contributed by atoms with Gasteiger partial charge in [0.1, 0.15) is 11.6 Å². The Bertz CT molecular complexity index is 715. The van der Waals surface area contributed by atoms with Crippen molar-refractivity contribution in [3.05, 3.63) is 41.5 Å². The number of hydrogen-bond donors (Lipinski definition) is 1. The fraction of sp³-hybridized carbons (Fsp3) is 0.550. The molecule has 0 spiro atoms. The Kier molecular flexibility index (Phi) is 8.16. The van der Waals surface area contributed by atoms with Gasteiger partial charge in [0.2, 0.25) is 11.0 Å². The number of nitrogens with zero attached hydrogens (tertiary/aromatic N) is 3. The van der Waals surface area contributed by atoms with Crippen molar-refractivity contribution in [3.8, 4) is 0 Å². The molecule has 1 amide bonds. The number of benzene rings is 1. The van der Waals surface area contributed by atoms with Crippen molar-refractivity contribution < 1.29 is 9.18 Å². The summed E-state index contributed by atoms with van der Waals surface area (Å²) in [7, 11) is 0. The first-order chi connectivity index (χ1) is 12.8. The second kappa shape index (κ2) is 10.3. The van der Waals surface area contributed by atoms with E-state index in [9.17, 15) is 9.18 Å². The van der Waals surface area contributed by atoms with Crippen molar-refractivity contribution in [2.24, 2.45) is 5.92 Å². The molecule has 7 heteroatoms. The fourth-order valence-electron chi connectivity index (χ4n) is 2.60. The van der Waals surface area contributed by atoms with Gasteiger partial charge in [-0.05, 0) is 43.9 Å². The maximum Gasteiger partial charge on any atom is 0.221 e. The molecule has 0 saturated carbocycles. The predicted octanol–water partition coefficient (Wildman–Crippen LogP) is 4.04. The molecule has 0 atom stereocenters. The molecule has 1 aromatic heterocycles. The molecule has 0 saturated heterocycles. The van der Waals surface area contributed by atoms with Gasteiger partial charge in [0.15, 0.2) is 0 Å². The highest BCUT2D eigenvalue weighted by atomic mass is 32.1. The van der Waals surface area contributed by atoms with Crippen molar-refractivity contribution in [1.29, 1.82) is 0 Å². The lowest BCUT2D eigenvalue weighted by Gasteiger charge is -2.25. The summed E-state index contributed by atoms with van der Waals surface area (Å²) >= 11 is 1.34. The van der Waals surface area contributed by atoms with Gasteiger partial charge in [-0.25, -0.2) is 9.37 Å². The van der Waals surface area contributed by atoms with Crippen LogP contribution in [0, 0.1) is 11.7 Å². The summed E-state index contributed by atoms with van der Waals surface area (Å²) in [5, 5.41) is 3.79. The lowest BCUT2D eigenvalue weighted by Crippen LogP contribution is -2.35. The van der Waals surface area contributed by atoms with Crippen LogP contribution in [0.2, 0.25) is 0 Å². The Morgan fingerprint density at radius 3 is 2.56 bits per heavy atom. The smallest absolute Gasteiger partial charge is 0.221 e.